The molecule has 35 heavy (non-hydrogen) atoms. The number of aromatic nitrogens is 2. The van der Waals surface area contributed by atoms with Crippen molar-refractivity contribution in [1.29, 1.82) is 0 Å². The fraction of sp³-hybridized carbons (Fsp3) is 0.207. The number of hydrogen-bond donors (Lipinski definition) is 1. The molecule has 0 fully saturated rings. The van der Waals surface area contributed by atoms with Crippen LogP contribution < -0.4 is 5.32 Å². The van der Waals surface area contributed by atoms with E-state index < -0.39 is 5.92 Å². The summed E-state index contributed by atoms with van der Waals surface area (Å²) in [5.74, 6) is -3.07. The van der Waals surface area contributed by atoms with Crippen molar-refractivity contribution in [3.63, 3.8) is 0 Å². The molecule has 4 aromatic rings. The highest BCUT2D eigenvalue weighted by Crippen LogP contribution is 2.32. The molecule has 0 saturated heterocycles. The predicted octanol–water partition coefficient (Wildman–Crippen LogP) is 7.06. The van der Waals surface area contributed by atoms with Crippen molar-refractivity contribution in [1.82, 2.24) is 9.97 Å². The van der Waals surface area contributed by atoms with Crippen LogP contribution in [0.25, 0.3) is 22.5 Å². The SMILES string of the molecule is CCc1ccccc1-c1nccnc1-c1ccc(NC(=O)Cc2ccc(C(F)(F)CC)cc2)cc1. The number of aryl methyl sites for hydroxylation is 1. The number of carbonyl (C=O) groups excluding carboxylic acids is 1. The number of halogens is 2. The molecule has 4 rings (SSSR count). The normalized spacial score (nSPS) is 11.3. The van der Waals surface area contributed by atoms with E-state index in [-0.39, 0.29) is 24.3 Å². The number of rotatable bonds is 8. The lowest BCUT2D eigenvalue weighted by atomic mass is 9.98. The second kappa shape index (κ2) is 10.6. The van der Waals surface area contributed by atoms with Crippen LogP contribution in [0, 0.1) is 0 Å². The van der Waals surface area contributed by atoms with Gasteiger partial charge in [0.05, 0.1) is 17.8 Å². The first-order valence-electron chi connectivity index (χ1n) is 11.7. The molecule has 6 heteroatoms. The summed E-state index contributed by atoms with van der Waals surface area (Å²) < 4.78 is 27.6. The van der Waals surface area contributed by atoms with E-state index in [1.165, 1.54) is 24.6 Å². The summed E-state index contributed by atoms with van der Waals surface area (Å²) in [6.45, 7) is 3.56. The van der Waals surface area contributed by atoms with Gasteiger partial charge in [0, 0.05) is 41.2 Å². The average Bonchev–Trinajstić information content (AvgIpc) is 2.89. The van der Waals surface area contributed by atoms with Crippen LogP contribution in [-0.4, -0.2) is 15.9 Å². The molecule has 0 spiro atoms. The third kappa shape index (κ3) is 5.60. The first kappa shape index (κ1) is 24.2. The molecular weight excluding hydrogens is 444 g/mol. The molecule has 0 radical (unpaired) electrons. The van der Waals surface area contributed by atoms with E-state index in [4.69, 9.17) is 0 Å². The Bertz CT molecular complexity index is 1300. The summed E-state index contributed by atoms with van der Waals surface area (Å²) >= 11 is 0. The summed E-state index contributed by atoms with van der Waals surface area (Å²) in [6.07, 6.45) is 4.09. The van der Waals surface area contributed by atoms with Crippen molar-refractivity contribution < 1.29 is 13.6 Å². The molecular formula is C29H27F2N3O. The fourth-order valence-electron chi connectivity index (χ4n) is 3.98. The number of nitrogens with one attached hydrogen (secondary N) is 1. The number of anilines is 1. The van der Waals surface area contributed by atoms with Gasteiger partial charge in [-0.25, -0.2) is 8.78 Å². The van der Waals surface area contributed by atoms with Crippen molar-refractivity contribution >= 4 is 11.6 Å². The molecule has 1 heterocycles. The minimum atomic E-state index is -2.86. The van der Waals surface area contributed by atoms with Crippen LogP contribution in [0.1, 0.15) is 37.0 Å². The molecule has 1 aromatic heterocycles. The Balaban J connectivity index is 1.47. The maximum Gasteiger partial charge on any atom is 0.273 e. The molecule has 0 saturated carbocycles. The zero-order valence-electron chi connectivity index (χ0n) is 19.8. The van der Waals surface area contributed by atoms with Crippen LogP contribution in [-0.2, 0) is 23.6 Å². The first-order valence-corrected chi connectivity index (χ1v) is 11.7. The molecule has 0 aliphatic heterocycles. The van der Waals surface area contributed by atoms with E-state index in [1.807, 2.05) is 36.4 Å². The topological polar surface area (TPSA) is 54.9 Å². The van der Waals surface area contributed by atoms with Gasteiger partial charge in [0.25, 0.3) is 5.92 Å². The zero-order chi connectivity index (χ0) is 24.8. The molecule has 3 aromatic carbocycles. The maximum absolute atomic E-state index is 13.8. The first-order chi connectivity index (χ1) is 16.9. The van der Waals surface area contributed by atoms with Gasteiger partial charge in [0.15, 0.2) is 0 Å². The Hall–Kier alpha value is -3.93. The Labute approximate surface area is 204 Å². The largest absolute Gasteiger partial charge is 0.326 e. The van der Waals surface area contributed by atoms with Crippen LogP contribution in [0.2, 0.25) is 0 Å². The van der Waals surface area contributed by atoms with E-state index in [0.717, 1.165) is 28.9 Å². The van der Waals surface area contributed by atoms with Crippen molar-refractivity contribution in [2.75, 3.05) is 5.32 Å². The number of nitrogens with zero attached hydrogens (tertiary/aromatic N) is 2. The van der Waals surface area contributed by atoms with Gasteiger partial charge in [0.2, 0.25) is 5.91 Å². The summed E-state index contributed by atoms with van der Waals surface area (Å²) in [5, 5.41) is 2.87. The third-order valence-electron chi connectivity index (χ3n) is 5.98. The van der Waals surface area contributed by atoms with Gasteiger partial charge in [0.1, 0.15) is 0 Å². The predicted molar refractivity (Wildman–Crippen MR) is 135 cm³/mol. The molecule has 0 unspecified atom stereocenters. The second-order valence-electron chi connectivity index (χ2n) is 8.32. The van der Waals surface area contributed by atoms with E-state index in [1.54, 1.807) is 24.5 Å². The van der Waals surface area contributed by atoms with Crippen molar-refractivity contribution in [3.8, 4) is 22.5 Å². The van der Waals surface area contributed by atoms with Crippen LogP contribution in [0.5, 0.6) is 0 Å². The zero-order valence-corrected chi connectivity index (χ0v) is 19.8. The van der Waals surface area contributed by atoms with E-state index >= 15 is 0 Å². The van der Waals surface area contributed by atoms with Crippen molar-refractivity contribution in [2.24, 2.45) is 0 Å². The van der Waals surface area contributed by atoms with Gasteiger partial charge in [-0.15, -0.1) is 0 Å². The highest BCUT2D eigenvalue weighted by molar-refractivity contribution is 5.92. The summed E-state index contributed by atoms with van der Waals surface area (Å²) in [5.41, 5.74) is 6.02. The minimum absolute atomic E-state index is 0.0373. The summed E-state index contributed by atoms with van der Waals surface area (Å²) in [4.78, 5) is 21.7. The molecule has 0 aliphatic carbocycles. The molecule has 4 nitrogen and oxygen atoms in total. The van der Waals surface area contributed by atoms with E-state index in [2.05, 4.69) is 34.3 Å². The number of carbonyl (C=O) groups is 1. The van der Waals surface area contributed by atoms with Gasteiger partial charge in [-0.1, -0.05) is 74.5 Å². The molecule has 0 bridgehead atoms. The molecule has 178 valence electrons. The van der Waals surface area contributed by atoms with Gasteiger partial charge >= 0.3 is 0 Å². The lowest BCUT2D eigenvalue weighted by Crippen LogP contribution is -2.15. The molecule has 0 aliphatic rings. The minimum Gasteiger partial charge on any atom is -0.326 e. The Morgan fingerprint density at radius 2 is 1.51 bits per heavy atom. The maximum atomic E-state index is 13.8. The van der Waals surface area contributed by atoms with Crippen LogP contribution >= 0.6 is 0 Å². The lowest BCUT2D eigenvalue weighted by molar-refractivity contribution is -0.115. The van der Waals surface area contributed by atoms with Crippen molar-refractivity contribution in [2.45, 2.75) is 39.0 Å². The molecule has 1 N–H and O–H groups in total. The lowest BCUT2D eigenvalue weighted by Gasteiger charge is -2.14. The van der Waals surface area contributed by atoms with Crippen LogP contribution in [0.4, 0.5) is 14.5 Å². The van der Waals surface area contributed by atoms with Crippen molar-refractivity contribution in [3.05, 3.63) is 102 Å². The van der Waals surface area contributed by atoms with E-state index in [0.29, 0.717) is 11.3 Å². The van der Waals surface area contributed by atoms with Crippen LogP contribution in [0.15, 0.2) is 85.2 Å². The summed E-state index contributed by atoms with van der Waals surface area (Å²) in [7, 11) is 0. The fourth-order valence-corrected chi connectivity index (χ4v) is 3.98. The molecule has 0 atom stereocenters. The highest BCUT2D eigenvalue weighted by Gasteiger charge is 2.28. The Morgan fingerprint density at radius 1 is 0.857 bits per heavy atom. The Morgan fingerprint density at radius 3 is 2.17 bits per heavy atom. The van der Waals surface area contributed by atoms with Gasteiger partial charge in [-0.2, -0.15) is 0 Å². The Kier molecular flexibility index (Phi) is 7.30. The highest BCUT2D eigenvalue weighted by atomic mass is 19.3. The molecule has 1 amide bonds. The number of benzene rings is 3. The monoisotopic (exact) mass is 471 g/mol. The van der Waals surface area contributed by atoms with E-state index in [9.17, 15) is 13.6 Å². The standard InChI is InChI=1S/C29H27F2N3O/c1-3-21-7-5-6-8-25(21)28-27(32-17-18-33-28)22-11-15-24(16-12-22)34-26(35)19-20-9-13-23(14-10-20)29(30,31)4-2/h5-18H,3-4,19H2,1-2H3,(H,34,35). The number of amides is 1. The van der Waals surface area contributed by atoms with Gasteiger partial charge < -0.3 is 5.32 Å². The second-order valence-corrected chi connectivity index (χ2v) is 8.32. The smallest absolute Gasteiger partial charge is 0.273 e. The van der Waals surface area contributed by atoms with Gasteiger partial charge in [-0.05, 0) is 29.7 Å². The quantitative estimate of drug-likeness (QED) is 0.299. The average molecular weight is 472 g/mol. The van der Waals surface area contributed by atoms with Crippen LogP contribution in [0.3, 0.4) is 0 Å². The van der Waals surface area contributed by atoms with Gasteiger partial charge in [-0.3, -0.25) is 14.8 Å². The third-order valence-corrected chi connectivity index (χ3v) is 5.98. The number of hydrogen-bond acceptors (Lipinski definition) is 3. The summed E-state index contributed by atoms with van der Waals surface area (Å²) in [6, 6.07) is 21.5. The number of alkyl halides is 2.